The highest BCUT2D eigenvalue weighted by atomic mass is 19.4. The van der Waals surface area contributed by atoms with Crippen molar-refractivity contribution in [2.75, 3.05) is 13.2 Å². The molecule has 578 valence electrons. The first kappa shape index (κ1) is 93.8. The molecule has 9 aromatic rings. The second-order valence-electron chi connectivity index (χ2n) is 36.6. The molecule has 1 aliphatic rings. The van der Waals surface area contributed by atoms with Gasteiger partial charge in [0, 0.05) is 11.1 Å². The topological polar surface area (TPSA) is 61.6 Å². The molecular weight excluding hydrogens is 1320 g/mol. The molecule has 9 aromatic carbocycles. The van der Waals surface area contributed by atoms with Gasteiger partial charge in [0.25, 0.3) is 0 Å². The van der Waals surface area contributed by atoms with Gasteiger partial charge in [-0.15, -0.1) is 0 Å². The van der Waals surface area contributed by atoms with Crippen molar-refractivity contribution in [1.82, 2.24) is 0 Å². The zero-order valence-electron chi connectivity index (χ0n) is 70.4. The lowest BCUT2D eigenvalue weighted by Gasteiger charge is -2.27. The number of halogens is 5. The van der Waals surface area contributed by atoms with Crippen LogP contribution in [0, 0.1) is 32.4 Å². The van der Waals surface area contributed by atoms with Crippen LogP contribution in [0.1, 0.15) is 270 Å². The van der Waals surface area contributed by atoms with E-state index in [0.717, 1.165) is 23.1 Å². The van der Waals surface area contributed by atoms with Crippen LogP contribution in [0.3, 0.4) is 0 Å². The highest BCUT2D eigenvalue weighted by Crippen LogP contribution is 2.40. The van der Waals surface area contributed by atoms with Crippen LogP contribution in [0.5, 0.6) is 11.5 Å². The van der Waals surface area contributed by atoms with Crippen molar-refractivity contribution in [3.8, 4) is 11.5 Å². The number of ether oxygens (including phenoxy) is 2. The van der Waals surface area contributed by atoms with Crippen LogP contribution >= 0.6 is 0 Å². The van der Waals surface area contributed by atoms with Crippen molar-refractivity contribution in [2.45, 2.75) is 263 Å². The normalized spacial score (nSPS) is 12.3. The number of aryl methyl sites for hydroxylation is 3. The maximum atomic E-state index is 12.7. The van der Waals surface area contributed by atoms with Gasteiger partial charge in [-0.3, -0.25) is 4.79 Å². The Kier molecular flexibility index (Phi) is 35.4. The van der Waals surface area contributed by atoms with Crippen LogP contribution in [0.4, 0.5) is 22.0 Å². The lowest BCUT2D eigenvalue weighted by molar-refractivity contribution is -0.137. The number of para-hydroxylation sites is 1. The summed E-state index contributed by atoms with van der Waals surface area (Å²) in [5.41, 5.74) is 21.3. The first-order chi connectivity index (χ1) is 48.3. The zero-order chi connectivity index (χ0) is 81.3. The molecule has 4 nitrogen and oxygen atoms in total. The molecule has 10 rings (SSSR count). The van der Waals surface area contributed by atoms with Crippen molar-refractivity contribution in [2.24, 2.45) is 5.73 Å². The van der Waals surface area contributed by atoms with Gasteiger partial charge in [-0.25, -0.2) is 8.78 Å². The minimum Gasteiger partial charge on any atom is -0.486 e. The molecule has 0 radical (unpaired) electrons. The van der Waals surface area contributed by atoms with Gasteiger partial charge in [-0.05, 0) is 163 Å². The quantitative estimate of drug-likeness (QED) is 0.167. The summed E-state index contributed by atoms with van der Waals surface area (Å²) in [4.78, 5) is 10.8. The van der Waals surface area contributed by atoms with Crippen molar-refractivity contribution in [1.29, 1.82) is 0 Å². The van der Waals surface area contributed by atoms with Gasteiger partial charge in [0.15, 0.2) is 11.5 Å². The van der Waals surface area contributed by atoms with Gasteiger partial charge in [-0.1, -0.05) is 373 Å². The number of primary amides is 1. The molecule has 9 heteroatoms. The molecule has 1 heterocycles. The van der Waals surface area contributed by atoms with Crippen LogP contribution < -0.4 is 15.2 Å². The van der Waals surface area contributed by atoms with Crippen molar-refractivity contribution in [3.63, 3.8) is 0 Å². The fourth-order valence-corrected chi connectivity index (χ4v) is 9.96. The smallest absolute Gasteiger partial charge is 0.416 e. The monoisotopic (exact) mass is 1450 g/mol. The molecule has 0 unspecified atom stereocenters. The summed E-state index contributed by atoms with van der Waals surface area (Å²) < 4.78 is 73.4. The van der Waals surface area contributed by atoms with E-state index in [1.807, 2.05) is 63.2 Å². The molecule has 0 atom stereocenters. The van der Waals surface area contributed by atoms with Crippen molar-refractivity contribution < 1.29 is 36.2 Å². The van der Waals surface area contributed by atoms with E-state index in [4.69, 9.17) is 15.2 Å². The third kappa shape index (κ3) is 35.9. The maximum Gasteiger partial charge on any atom is 0.416 e. The van der Waals surface area contributed by atoms with E-state index in [1.54, 1.807) is 30.3 Å². The highest BCUT2D eigenvalue weighted by molar-refractivity contribution is 5.92. The number of benzene rings is 9. The molecule has 0 fully saturated rings. The fraction of sp³-hybridized carbons (Fsp3) is 0.433. The van der Waals surface area contributed by atoms with Gasteiger partial charge in [0.05, 0.1) is 5.56 Å². The number of alkyl halides is 3. The molecule has 0 aliphatic carbocycles. The largest absolute Gasteiger partial charge is 0.486 e. The summed E-state index contributed by atoms with van der Waals surface area (Å²) in [6.07, 6.45) is -4.25. The van der Waals surface area contributed by atoms with Crippen LogP contribution in [-0.2, 0) is 54.9 Å². The number of carbonyl (C=O) groups is 1. The van der Waals surface area contributed by atoms with Crippen molar-refractivity contribution in [3.05, 3.63) is 308 Å². The van der Waals surface area contributed by atoms with E-state index in [1.165, 1.54) is 86.0 Å². The van der Waals surface area contributed by atoms with Gasteiger partial charge >= 0.3 is 6.18 Å². The van der Waals surface area contributed by atoms with E-state index in [0.29, 0.717) is 29.8 Å². The number of rotatable bonds is 1. The second-order valence-corrected chi connectivity index (χ2v) is 36.6. The molecule has 1 amide bonds. The minimum atomic E-state index is -4.25. The maximum absolute atomic E-state index is 12.7. The molecule has 0 aromatic heterocycles. The Morgan fingerprint density at radius 1 is 0.292 bits per heavy atom. The second kappa shape index (κ2) is 40.1. The van der Waals surface area contributed by atoms with Crippen LogP contribution in [-0.4, -0.2) is 19.1 Å². The lowest BCUT2D eigenvalue weighted by Crippen LogP contribution is -2.20. The Labute approximate surface area is 639 Å². The summed E-state index contributed by atoms with van der Waals surface area (Å²) in [6.45, 7) is 65.6. The standard InChI is InChI=1S/C12H16O2.C11H13F3.C11H15NO.3C11H16.2C10H13F.C10H14/c1-12(2,3)9-5-4-6-10-11(9)14-8-7-13-10;1-10(2,3)8-5-4-6-9(7-8)11(12,13)14;1-11(2,3)9-6-4-8(5-7-9)10(12)13;3*1-9-5-7-10(8-6-9)11(2,3)4;1-10(2,3)8-4-6-9(11)7-5-8;1-10(2,3)8-5-4-6-9(11)7-8;1-10(2,3)9-7-5-4-6-8-9/h4-6H,7-8H2,1-3H3;4-7H,1-3H3;4-7H,1-3H3,(H2,12,13);3*5-8H,1-4H3;2*4-7H,1-3H3;4-8H,1-3H3. The third-order valence-electron chi connectivity index (χ3n) is 17.3. The van der Waals surface area contributed by atoms with E-state index in [2.05, 4.69) is 296 Å². The summed E-state index contributed by atoms with van der Waals surface area (Å²) in [7, 11) is 0. The number of amides is 1. The number of fused-ring (bicyclic) bond motifs is 1. The van der Waals surface area contributed by atoms with Gasteiger partial charge in [0.1, 0.15) is 24.8 Å². The molecule has 106 heavy (non-hydrogen) atoms. The summed E-state index contributed by atoms with van der Waals surface area (Å²) >= 11 is 0. The third-order valence-corrected chi connectivity index (χ3v) is 17.3. The molecule has 0 bridgehead atoms. The average molecular weight is 1460 g/mol. The van der Waals surface area contributed by atoms with Gasteiger partial charge in [0.2, 0.25) is 5.91 Å². The molecule has 1 aliphatic heterocycles. The Balaban J connectivity index is 0.000000406. The van der Waals surface area contributed by atoms with E-state index in [9.17, 15) is 26.7 Å². The molecule has 0 saturated carbocycles. The molecule has 0 spiro atoms. The first-order valence-electron chi connectivity index (χ1n) is 37.1. The van der Waals surface area contributed by atoms with Crippen LogP contribution in [0.2, 0.25) is 0 Å². The lowest BCUT2D eigenvalue weighted by atomic mass is 9.86. The van der Waals surface area contributed by atoms with Gasteiger partial charge < -0.3 is 15.2 Å². The minimum absolute atomic E-state index is 0.0437. The van der Waals surface area contributed by atoms with E-state index in [-0.39, 0.29) is 60.9 Å². The summed E-state index contributed by atoms with van der Waals surface area (Å²) in [5, 5.41) is 0. The first-order valence-corrected chi connectivity index (χ1v) is 37.1. The number of hydrogen-bond donors (Lipinski definition) is 1. The molecule has 0 saturated heterocycles. The zero-order valence-corrected chi connectivity index (χ0v) is 70.4. The predicted molar refractivity (Wildman–Crippen MR) is 445 cm³/mol. The number of hydrogen-bond acceptors (Lipinski definition) is 3. The van der Waals surface area contributed by atoms with E-state index >= 15 is 0 Å². The Hall–Kier alpha value is -8.30. The van der Waals surface area contributed by atoms with E-state index < -0.39 is 11.7 Å². The predicted octanol–water partition coefficient (Wildman–Crippen LogP) is 27.9. The Morgan fingerprint density at radius 2 is 0.575 bits per heavy atom. The van der Waals surface area contributed by atoms with Crippen LogP contribution in [0.15, 0.2) is 218 Å². The van der Waals surface area contributed by atoms with Crippen molar-refractivity contribution >= 4 is 5.91 Å². The summed E-state index contributed by atoms with van der Waals surface area (Å²) in [5.74, 6) is 1.10. The van der Waals surface area contributed by atoms with Crippen LogP contribution in [0.25, 0.3) is 0 Å². The molecule has 2 N–H and O–H groups in total. The fourth-order valence-electron chi connectivity index (χ4n) is 9.96. The average Bonchev–Trinajstić information content (AvgIpc) is 0.804. The number of nitrogens with two attached hydrogens (primary N) is 1. The SMILES string of the molecule is CC(C)(C)c1ccc(C(N)=O)cc1.CC(C)(C)c1ccc(F)cc1.CC(C)(C)c1cccc(C(F)(F)F)c1.CC(C)(C)c1cccc(F)c1.CC(C)(C)c1cccc2c1OCCO2.CC(C)(C)c1ccccc1.Cc1ccc(C(C)(C)C)cc1.Cc1ccc(C(C)(C)C)cc1.Cc1ccc(C(C)(C)C)cc1. The van der Waals surface area contributed by atoms with Gasteiger partial charge in [-0.2, -0.15) is 13.2 Å². The Bertz CT molecular complexity index is 3740. The summed E-state index contributed by atoms with van der Waals surface area (Å²) in [6, 6.07) is 69.2. The Morgan fingerprint density at radius 3 is 0.877 bits per heavy atom. The molecular formula is C97H132F5NO3. The highest BCUT2D eigenvalue weighted by Gasteiger charge is 2.31. The number of carbonyl (C=O) groups excluding carboxylic acids is 1.